The van der Waals surface area contributed by atoms with E-state index in [1.807, 2.05) is 42.5 Å². The van der Waals surface area contributed by atoms with E-state index in [0.717, 1.165) is 34.9 Å². The molecular formula is C26H24N2O3. The molecule has 1 heterocycles. The van der Waals surface area contributed by atoms with Crippen LogP contribution in [0.15, 0.2) is 83.7 Å². The van der Waals surface area contributed by atoms with E-state index >= 15 is 0 Å². The van der Waals surface area contributed by atoms with Gasteiger partial charge in [0, 0.05) is 11.4 Å². The van der Waals surface area contributed by atoms with E-state index in [1.54, 1.807) is 36.4 Å². The molecule has 2 N–H and O–H groups in total. The Balaban J connectivity index is 1.48. The second kappa shape index (κ2) is 9.30. The van der Waals surface area contributed by atoms with Gasteiger partial charge in [0.05, 0.1) is 6.61 Å². The van der Waals surface area contributed by atoms with E-state index in [0.29, 0.717) is 18.0 Å². The fraction of sp³-hybridized carbons (Fsp3) is 0.154. The fourth-order valence-corrected chi connectivity index (χ4v) is 3.34. The highest BCUT2D eigenvalue weighted by Gasteiger charge is 2.12. The molecular weight excluding hydrogens is 388 g/mol. The number of hydrogen-bond donors (Lipinski definition) is 2. The van der Waals surface area contributed by atoms with Crippen molar-refractivity contribution >= 4 is 22.4 Å². The number of benzene rings is 3. The molecule has 0 radical (unpaired) electrons. The normalized spacial score (nSPS) is 10.7. The predicted octanol–water partition coefficient (Wildman–Crippen LogP) is 5.63. The number of pyridine rings is 1. The molecule has 0 bridgehead atoms. The molecule has 0 aliphatic rings. The number of rotatable bonds is 7. The van der Waals surface area contributed by atoms with E-state index in [-0.39, 0.29) is 5.56 Å². The summed E-state index contributed by atoms with van der Waals surface area (Å²) >= 11 is 0. The van der Waals surface area contributed by atoms with Crippen molar-refractivity contribution in [1.29, 1.82) is 0 Å². The third kappa shape index (κ3) is 4.83. The standard InChI is InChI=1S/C26H24N2O3/c1-2-3-16-31-22-12-10-21(11-13-22)27-25(29)23-14-15-24(28-26(23)30)20-9-8-18-6-4-5-7-19(18)17-20/h4-15,17H,2-3,16H2,1H3,(H,27,29)(H,28,30). The van der Waals surface area contributed by atoms with Gasteiger partial charge in [-0.15, -0.1) is 0 Å². The minimum atomic E-state index is -0.453. The van der Waals surface area contributed by atoms with Crippen molar-refractivity contribution in [3.8, 4) is 17.0 Å². The van der Waals surface area contributed by atoms with Crippen molar-refractivity contribution in [2.75, 3.05) is 11.9 Å². The first-order valence-electron chi connectivity index (χ1n) is 10.4. The number of amides is 1. The maximum absolute atomic E-state index is 12.6. The number of nitrogens with one attached hydrogen (secondary N) is 2. The number of H-pyrrole nitrogens is 1. The molecule has 31 heavy (non-hydrogen) atoms. The van der Waals surface area contributed by atoms with Crippen LogP contribution >= 0.6 is 0 Å². The lowest BCUT2D eigenvalue weighted by Gasteiger charge is -2.09. The summed E-state index contributed by atoms with van der Waals surface area (Å²) in [6, 6.07) is 24.5. The maximum atomic E-state index is 12.6. The van der Waals surface area contributed by atoms with Gasteiger partial charge in [0.2, 0.25) is 0 Å². The largest absolute Gasteiger partial charge is 0.494 e. The number of aromatic nitrogens is 1. The number of unbranched alkanes of at least 4 members (excludes halogenated alkanes) is 1. The second-order valence-corrected chi connectivity index (χ2v) is 7.36. The lowest BCUT2D eigenvalue weighted by Crippen LogP contribution is -2.23. The van der Waals surface area contributed by atoms with Crippen molar-refractivity contribution in [3.63, 3.8) is 0 Å². The molecule has 0 unspecified atom stereocenters. The third-order valence-corrected chi connectivity index (χ3v) is 5.09. The maximum Gasteiger partial charge on any atom is 0.261 e. The molecule has 5 heteroatoms. The van der Waals surface area contributed by atoms with Crippen LogP contribution < -0.4 is 15.6 Å². The quantitative estimate of drug-likeness (QED) is 0.387. The Labute approximate surface area is 180 Å². The van der Waals surface area contributed by atoms with Gasteiger partial charge in [-0.2, -0.15) is 0 Å². The van der Waals surface area contributed by atoms with Crippen LogP contribution in [0.3, 0.4) is 0 Å². The summed E-state index contributed by atoms with van der Waals surface area (Å²) in [6.07, 6.45) is 2.07. The van der Waals surface area contributed by atoms with E-state index in [4.69, 9.17) is 4.74 Å². The van der Waals surface area contributed by atoms with Gasteiger partial charge >= 0.3 is 0 Å². The van der Waals surface area contributed by atoms with Crippen molar-refractivity contribution < 1.29 is 9.53 Å². The molecule has 0 atom stereocenters. The van der Waals surface area contributed by atoms with Crippen LogP contribution in [-0.4, -0.2) is 17.5 Å². The first-order valence-corrected chi connectivity index (χ1v) is 10.4. The summed E-state index contributed by atoms with van der Waals surface area (Å²) in [4.78, 5) is 28.0. The minimum absolute atomic E-state index is 0.0628. The molecule has 5 nitrogen and oxygen atoms in total. The molecule has 4 rings (SSSR count). The van der Waals surface area contributed by atoms with Crippen LogP contribution in [-0.2, 0) is 0 Å². The zero-order chi connectivity index (χ0) is 21.6. The summed E-state index contributed by atoms with van der Waals surface area (Å²) in [5, 5.41) is 4.98. The predicted molar refractivity (Wildman–Crippen MR) is 125 cm³/mol. The van der Waals surface area contributed by atoms with Gasteiger partial charge in [-0.1, -0.05) is 49.7 Å². The van der Waals surface area contributed by atoms with Gasteiger partial charge in [-0.05, 0) is 65.2 Å². The van der Waals surface area contributed by atoms with E-state index in [9.17, 15) is 9.59 Å². The number of carbonyl (C=O) groups is 1. The summed E-state index contributed by atoms with van der Waals surface area (Å²) in [5.41, 5.74) is 1.80. The monoisotopic (exact) mass is 412 g/mol. The zero-order valence-corrected chi connectivity index (χ0v) is 17.4. The molecule has 0 fully saturated rings. The van der Waals surface area contributed by atoms with Crippen molar-refractivity contribution in [3.05, 3.63) is 94.8 Å². The summed E-state index contributed by atoms with van der Waals surface area (Å²) in [5.74, 6) is 0.301. The first-order chi connectivity index (χ1) is 15.1. The fourth-order valence-electron chi connectivity index (χ4n) is 3.34. The van der Waals surface area contributed by atoms with E-state index in [1.165, 1.54) is 0 Å². The Kier molecular flexibility index (Phi) is 6.13. The Morgan fingerprint density at radius 1 is 0.935 bits per heavy atom. The molecule has 0 saturated carbocycles. The van der Waals surface area contributed by atoms with Crippen LogP contribution in [0.4, 0.5) is 5.69 Å². The van der Waals surface area contributed by atoms with Gasteiger partial charge in [0.15, 0.2) is 0 Å². The highest BCUT2D eigenvalue weighted by atomic mass is 16.5. The average Bonchev–Trinajstić information content (AvgIpc) is 2.80. The van der Waals surface area contributed by atoms with Crippen LogP contribution in [0.25, 0.3) is 22.0 Å². The number of fused-ring (bicyclic) bond motifs is 1. The van der Waals surface area contributed by atoms with Gasteiger partial charge in [0.25, 0.3) is 11.5 Å². The Hall–Kier alpha value is -3.86. The lowest BCUT2D eigenvalue weighted by atomic mass is 10.0. The third-order valence-electron chi connectivity index (χ3n) is 5.09. The topological polar surface area (TPSA) is 71.2 Å². The highest BCUT2D eigenvalue weighted by Crippen LogP contribution is 2.23. The molecule has 156 valence electrons. The Morgan fingerprint density at radius 2 is 1.71 bits per heavy atom. The van der Waals surface area contributed by atoms with Gasteiger partial charge < -0.3 is 15.0 Å². The molecule has 0 saturated heterocycles. The average molecular weight is 412 g/mol. The molecule has 4 aromatic rings. The number of hydrogen-bond acceptors (Lipinski definition) is 3. The van der Waals surface area contributed by atoms with Crippen molar-refractivity contribution in [2.24, 2.45) is 0 Å². The number of ether oxygens (including phenoxy) is 1. The lowest BCUT2D eigenvalue weighted by molar-refractivity contribution is 0.102. The molecule has 0 aliphatic carbocycles. The van der Waals surface area contributed by atoms with Crippen molar-refractivity contribution in [1.82, 2.24) is 4.98 Å². The van der Waals surface area contributed by atoms with E-state index in [2.05, 4.69) is 17.2 Å². The minimum Gasteiger partial charge on any atom is -0.494 e. The highest BCUT2D eigenvalue weighted by molar-refractivity contribution is 6.04. The SMILES string of the molecule is CCCCOc1ccc(NC(=O)c2ccc(-c3ccc4ccccc4c3)[nH]c2=O)cc1. The first kappa shape index (κ1) is 20.4. The molecule has 1 aromatic heterocycles. The summed E-state index contributed by atoms with van der Waals surface area (Å²) in [7, 11) is 0. The second-order valence-electron chi connectivity index (χ2n) is 7.36. The molecule has 1 amide bonds. The summed E-state index contributed by atoms with van der Waals surface area (Å²) < 4.78 is 5.62. The smallest absolute Gasteiger partial charge is 0.261 e. The van der Waals surface area contributed by atoms with Crippen LogP contribution in [0.1, 0.15) is 30.1 Å². The number of anilines is 1. The van der Waals surface area contributed by atoms with Crippen LogP contribution in [0.5, 0.6) is 5.75 Å². The molecule has 0 spiro atoms. The Morgan fingerprint density at radius 3 is 2.45 bits per heavy atom. The zero-order valence-electron chi connectivity index (χ0n) is 17.4. The van der Waals surface area contributed by atoms with Gasteiger partial charge in [-0.3, -0.25) is 9.59 Å². The number of carbonyl (C=O) groups excluding carboxylic acids is 1. The van der Waals surface area contributed by atoms with Crippen molar-refractivity contribution in [2.45, 2.75) is 19.8 Å². The number of aromatic amines is 1. The van der Waals surface area contributed by atoms with E-state index < -0.39 is 11.5 Å². The Bertz CT molecular complexity index is 1260. The molecule has 0 aliphatic heterocycles. The van der Waals surface area contributed by atoms with Crippen LogP contribution in [0.2, 0.25) is 0 Å². The summed E-state index contributed by atoms with van der Waals surface area (Å²) in [6.45, 7) is 2.78. The van der Waals surface area contributed by atoms with Crippen LogP contribution in [0, 0.1) is 0 Å². The van der Waals surface area contributed by atoms with Gasteiger partial charge in [-0.25, -0.2) is 0 Å². The van der Waals surface area contributed by atoms with Gasteiger partial charge in [0.1, 0.15) is 11.3 Å². The molecule has 3 aromatic carbocycles.